The van der Waals surface area contributed by atoms with Crippen molar-refractivity contribution in [1.29, 1.82) is 0 Å². The average molecular weight is 236 g/mol. The summed E-state index contributed by atoms with van der Waals surface area (Å²) in [6.45, 7) is 2.62. The van der Waals surface area contributed by atoms with Gasteiger partial charge in [0, 0.05) is 21.8 Å². The fourth-order valence-electron chi connectivity index (χ4n) is 1.78. The number of aryl methyl sites for hydroxylation is 1. The van der Waals surface area contributed by atoms with Gasteiger partial charge in [0.25, 0.3) is 0 Å². The highest BCUT2D eigenvalue weighted by molar-refractivity contribution is 6.30. The first-order valence-electron chi connectivity index (χ1n) is 5.22. The normalized spacial score (nSPS) is 10.7. The molecule has 0 atom stereocenters. The van der Waals surface area contributed by atoms with E-state index < -0.39 is 0 Å². The molecule has 2 aromatic rings. The quantitative estimate of drug-likeness (QED) is 0.859. The fraction of sp³-hybridized carbons (Fsp3) is 0.250. The summed E-state index contributed by atoms with van der Waals surface area (Å²) in [5, 5.41) is 8.02. The van der Waals surface area contributed by atoms with Gasteiger partial charge in [0.2, 0.25) is 0 Å². The summed E-state index contributed by atoms with van der Waals surface area (Å²) in [5.74, 6) is 0. The van der Waals surface area contributed by atoms with Crippen molar-refractivity contribution in [3.05, 3.63) is 40.5 Å². The first-order valence-corrected chi connectivity index (χ1v) is 5.60. The fourth-order valence-corrected chi connectivity index (χ4v) is 1.97. The van der Waals surface area contributed by atoms with Crippen LogP contribution in [0.2, 0.25) is 5.02 Å². The number of halogens is 1. The van der Waals surface area contributed by atoms with Gasteiger partial charge in [-0.1, -0.05) is 23.7 Å². The summed E-state index contributed by atoms with van der Waals surface area (Å²) in [5.41, 5.74) is 9.82. The summed E-state index contributed by atoms with van der Waals surface area (Å²) in [4.78, 5) is 0. The summed E-state index contributed by atoms with van der Waals surface area (Å²) in [7, 11) is 0. The van der Waals surface area contributed by atoms with E-state index in [-0.39, 0.29) is 0 Å². The van der Waals surface area contributed by atoms with Crippen LogP contribution in [-0.2, 0) is 6.42 Å². The lowest BCUT2D eigenvalue weighted by atomic mass is 10.0. The summed E-state index contributed by atoms with van der Waals surface area (Å²) in [6, 6.07) is 7.69. The highest BCUT2D eigenvalue weighted by atomic mass is 35.5. The molecule has 0 aliphatic rings. The number of aromatic nitrogens is 2. The van der Waals surface area contributed by atoms with Gasteiger partial charge in [-0.3, -0.25) is 5.10 Å². The Bertz CT molecular complexity index is 491. The summed E-state index contributed by atoms with van der Waals surface area (Å²) >= 11 is 5.97. The lowest BCUT2D eigenvalue weighted by Crippen LogP contribution is -2.04. The van der Waals surface area contributed by atoms with Gasteiger partial charge in [-0.05, 0) is 32.0 Å². The van der Waals surface area contributed by atoms with Crippen molar-refractivity contribution in [3.8, 4) is 11.3 Å². The maximum Gasteiger partial charge on any atom is 0.0956 e. The number of benzene rings is 1. The van der Waals surface area contributed by atoms with Gasteiger partial charge in [0.05, 0.1) is 5.69 Å². The Morgan fingerprint density at radius 3 is 2.94 bits per heavy atom. The van der Waals surface area contributed by atoms with E-state index in [0.717, 1.165) is 28.4 Å². The van der Waals surface area contributed by atoms with Crippen molar-refractivity contribution in [2.75, 3.05) is 6.54 Å². The van der Waals surface area contributed by atoms with E-state index in [4.69, 9.17) is 17.3 Å². The van der Waals surface area contributed by atoms with Gasteiger partial charge in [-0.2, -0.15) is 5.10 Å². The number of aromatic amines is 1. The van der Waals surface area contributed by atoms with Crippen LogP contribution in [0.15, 0.2) is 24.3 Å². The third kappa shape index (κ3) is 2.10. The molecule has 3 N–H and O–H groups in total. The molecule has 2 rings (SSSR count). The Kier molecular flexibility index (Phi) is 3.27. The number of hydrogen-bond donors (Lipinski definition) is 2. The maximum atomic E-state index is 5.97. The van der Waals surface area contributed by atoms with Gasteiger partial charge < -0.3 is 5.73 Å². The smallest absolute Gasteiger partial charge is 0.0956 e. The van der Waals surface area contributed by atoms with Gasteiger partial charge in [0.15, 0.2) is 0 Å². The van der Waals surface area contributed by atoms with Crippen LogP contribution in [-0.4, -0.2) is 16.7 Å². The first-order chi connectivity index (χ1) is 7.72. The molecule has 0 unspecified atom stereocenters. The minimum absolute atomic E-state index is 0.619. The van der Waals surface area contributed by atoms with Crippen LogP contribution in [0.25, 0.3) is 11.3 Å². The van der Waals surface area contributed by atoms with Crippen LogP contribution in [0.4, 0.5) is 0 Å². The van der Waals surface area contributed by atoms with Crippen molar-refractivity contribution >= 4 is 11.6 Å². The number of rotatable bonds is 3. The molecule has 1 aromatic heterocycles. The molecule has 0 bridgehead atoms. The van der Waals surface area contributed by atoms with E-state index in [2.05, 4.69) is 10.2 Å². The summed E-state index contributed by atoms with van der Waals surface area (Å²) < 4.78 is 0. The van der Waals surface area contributed by atoms with E-state index in [1.54, 1.807) is 0 Å². The molecule has 1 heterocycles. The molecule has 0 aliphatic heterocycles. The zero-order valence-corrected chi connectivity index (χ0v) is 9.88. The first kappa shape index (κ1) is 11.2. The highest BCUT2D eigenvalue weighted by Crippen LogP contribution is 2.25. The molecule has 1 aromatic carbocycles. The van der Waals surface area contributed by atoms with Gasteiger partial charge in [0.1, 0.15) is 0 Å². The Morgan fingerprint density at radius 1 is 1.44 bits per heavy atom. The Morgan fingerprint density at radius 2 is 2.25 bits per heavy atom. The minimum atomic E-state index is 0.619. The van der Waals surface area contributed by atoms with E-state index in [9.17, 15) is 0 Å². The zero-order chi connectivity index (χ0) is 11.5. The monoisotopic (exact) mass is 235 g/mol. The van der Waals surface area contributed by atoms with Crippen molar-refractivity contribution in [2.45, 2.75) is 13.3 Å². The largest absolute Gasteiger partial charge is 0.330 e. The number of H-pyrrole nitrogens is 1. The molecule has 0 radical (unpaired) electrons. The SMILES string of the molecule is Cc1[nH]nc(-c2cccc(Cl)c2)c1CCN. The minimum Gasteiger partial charge on any atom is -0.330 e. The van der Waals surface area contributed by atoms with E-state index in [1.807, 2.05) is 31.2 Å². The predicted octanol–water partition coefficient (Wildman–Crippen LogP) is 2.54. The van der Waals surface area contributed by atoms with Crippen LogP contribution < -0.4 is 5.73 Å². The molecule has 16 heavy (non-hydrogen) atoms. The molecule has 0 aliphatic carbocycles. The maximum absolute atomic E-state index is 5.97. The van der Waals surface area contributed by atoms with E-state index >= 15 is 0 Å². The molecule has 0 saturated carbocycles. The van der Waals surface area contributed by atoms with Gasteiger partial charge >= 0.3 is 0 Å². The second kappa shape index (κ2) is 4.68. The molecular weight excluding hydrogens is 222 g/mol. The molecule has 0 amide bonds. The Balaban J connectivity index is 2.47. The van der Waals surface area contributed by atoms with Crippen LogP contribution in [0.1, 0.15) is 11.3 Å². The number of nitrogens with one attached hydrogen (secondary N) is 1. The van der Waals surface area contributed by atoms with Crippen LogP contribution in [0, 0.1) is 6.92 Å². The second-order valence-electron chi connectivity index (χ2n) is 3.72. The van der Waals surface area contributed by atoms with Gasteiger partial charge in [-0.25, -0.2) is 0 Å². The van der Waals surface area contributed by atoms with Crippen LogP contribution in [0.5, 0.6) is 0 Å². The van der Waals surface area contributed by atoms with E-state index in [1.165, 1.54) is 5.56 Å². The molecule has 0 saturated heterocycles. The van der Waals surface area contributed by atoms with Gasteiger partial charge in [-0.15, -0.1) is 0 Å². The third-order valence-electron chi connectivity index (χ3n) is 2.57. The lowest BCUT2D eigenvalue weighted by molar-refractivity contribution is 0.957. The lowest BCUT2D eigenvalue weighted by Gasteiger charge is -2.02. The highest BCUT2D eigenvalue weighted by Gasteiger charge is 2.11. The average Bonchev–Trinajstić information content (AvgIpc) is 2.61. The number of nitrogens with two attached hydrogens (primary N) is 1. The predicted molar refractivity (Wildman–Crippen MR) is 66.5 cm³/mol. The molecule has 3 nitrogen and oxygen atoms in total. The van der Waals surface area contributed by atoms with Crippen molar-refractivity contribution in [3.63, 3.8) is 0 Å². The standard InChI is InChI=1S/C12H14ClN3/c1-8-11(5-6-14)12(16-15-8)9-3-2-4-10(13)7-9/h2-4,7H,5-6,14H2,1H3,(H,15,16). The number of nitrogens with zero attached hydrogens (tertiary/aromatic N) is 1. The van der Waals surface area contributed by atoms with Crippen molar-refractivity contribution in [2.24, 2.45) is 5.73 Å². The topological polar surface area (TPSA) is 54.7 Å². The second-order valence-corrected chi connectivity index (χ2v) is 4.16. The van der Waals surface area contributed by atoms with Crippen molar-refractivity contribution < 1.29 is 0 Å². The zero-order valence-electron chi connectivity index (χ0n) is 9.13. The molecular formula is C12H14ClN3. The van der Waals surface area contributed by atoms with Crippen LogP contribution >= 0.6 is 11.6 Å². The van der Waals surface area contributed by atoms with Crippen molar-refractivity contribution in [1.82, 2.24) is 10.2 Å². The number of hydrogen-bond acceptors (Lipinski definition) is 2. The van der Waals surface area contributed by atoms with E-state index in [0.29, 0.717) is 6.54 Å². The molecule has 84 valence electrons. The summed E-state index contributed by atoms with van der Waals surface area (Å²) in [6.07, 6.45) is 0.824. The third-order valence-corrected chi connectivity index (χ3v) is 2.80. The Labute approximate surface area is 99.6 Å². The molecule has 0 fully saturated rings. The Hall–Kier alpha value is -1.32. The molecule has 4 heteroatoms. The van der Waals surface area contributed by atoms with Crippen LogP contribution in [0.3, 0.4) is 0 Å². The molecule has 0 spiro atoms.